The van der Waals surface area contributed by atoms with Gasteiger partial charge in [-0.2, -0.15) is 13.2 Å². The van der Waals surface area contributed by atoms with E-state index in [-0.39, 0.29) is 11.9 Å². The number of aromatic amines is 1. The van der Waals surface area contributed by atoms with Gasteiger partial charge in [0.1, 0.15) is 23.9 Å². The maximum Gasteiger partial charge on any atom is 0.431 e. The van der Waals surface area contributed by atoms with Crippen molar-refractivity contribution in [3.63, 3.8) is 0 Å². The van der Waals surface area contributed by atoms with Crippen molar-refractivity contribution >= 4 is 16.7 Å². The molecule has 1 aliphatic rings. The van der Waals surface area contributed by atoms with Crippen LogP contribution in [0.3, 0.4) is 0 Å². The van der Waals surface area contributed by atoms with Crippen LogP contribution in [0.5, 0.6) is 5.75 Å². The van der Waals surface area contributed by atoms with E-state index in [0.29, 0.717) is 23.4 Å². The standard InChI is InChI=1S/C13H18O2.C8H6F3N3/c1-10(2)8-14-12-7-11-5-3-4-6-13(11)15-9-12;9-8(10,11)6-3-4-5(14-6)1-2-13-7(4)12/h3-6,10,12H,7-9H2,1-2H3;1-3,14H,(H2,12,13). The molecule has 156 valence electrons. The molecule has 3 heterocycles. The highest BCUT2D eigenvalue weighted by Crippen LogP contribution is 2.32. The quantitative estimate of drug-likeness (QED) is 0.653. The molecule has 0 bridgehead atoms. The van der Waals surface area contributed by atoms with Gasteiger partial charge >= 0.3 is 6.18 Å². The van der Waals surface area contributed by atoms with Gasteiger partial charge < -0.3 is 20.2 Å². The van der Waals surface area contributed by atoms with Crippen LogP contribution in [0.1, 0.15) is 25.1 Å². The largest absolute Gasteiger partial charge is 0.491 e. The first-order valence-electron chi connectivity index (χ1n) is 9.36. The Kier molecular flexibility index (Phi) is 6.32. The van der Waals surface area contributed by atoms with Crippen molar-refractivity contribution in [1.29, 1.82) is 0 Å². The first-order valence-corrected chi connectivity index (χ1v) is 9.36. The lowest BCUT2D eigenvalue weighted by molar-refractivity contribution is -0.140. The molecule has 0 fully saturated rings. The summed E-state index contributed by atoms with van der Waals surface area (Å²) in [6.45, 7) is 5.83. The molecule has 0 spiro atoms. The van der Waals surface area contributed by atoms with Gasteiger partial charge in [-0.3, -0.25) is 0 Å². The third-order valence-corrected chi connectivity index (χ3v) is 4.39. The van der Waals surface area contributed by atoms with Crippen LogP contribution in [0.2, 0.25) is 0 Å². The number of aromatic nitrogens is 2. The fourth-order valence-electron chi connectivity index (χ4n) is 2.96. The zero-order chi connectivity index (χ0) is 21.0. The number of nitrogens with one attached hydrogen (secondary N) is 1. The van der Waals surface area contributed by atoms with Gasteiger partial charge in [-0.25, -0.2) is 4.98 Å². The molecule has 1 unspecified atom stereocenters. The Bertz CT molecular complexity index is 954. The molecule has 3 N–H and O–H groups in total. The minimum atomic E-state index is -4.38. The molecule has 1 aliphatic heterocycles. The summed E-state index contributed by atoms with van der Waals surface area (Å²) in [5, 5.41) is 0.292. The Morgan fingerprint density at radius 1 is 1.28 bits per heavy atom. The summed E-state index contributed by atoms with van der Waals surface area (Å²) in [7, 11) is 0. The Labute approximate surface area is 167 Å². The summed E-state index contributed by atoms with van der Waals surface area (Å²) >= 11 is 0. The lowest BCUT2D eigenvalue weighted by Gasteiger charge is -2.26. The topological polar surface area (TPSA) is 73.2 Å². The first kappa shape index (κ1) is 21.0. The number of nitrogens with zero attached hydrogens (tertiary/aromatic N) is 1. The summed E-state index contributed by atoms with van der Waals surface area (Å²) in [5.74, 6) is 1.69. The average molecular weight is 407 g/mol. The summed E-state index contributed by atoms with van der Waals surface area (Å²) in [5.41, 5.74) is 6.20. The van der Waals surface area contributed by atoms with E-state index in [1.54, 1.807) is 0 Å². The number of benzene rings is 1. The van der Waals surface area contributed by atoms with Crippen LogP contribution in [-0.4, -0.2) is 29.3 Å². The van der Waals surface area contributed by atoms with E-state index in [9.17, 15) is 13.2 Å². The molecule has 4 rings (SSSR count). The number of halogens is 3. The predicted molar refractivity (Wildman–Crippen MR) is 106 cm³/mol. The molecule has 3 aromatic rings. The van der Waals surface area contributed by atoms with E-state index >= 15 is 0 Å². The minimum absolute atomic E-state index is 0.0919. The highest BCUT2D eigenvalue weighted by atomic mass is 19.4. The monoisotopic (exact) mass is 407 g/mol. The molecule has 5 nitrogen and oxygen atoms in total. The van der Waals surface area contributed by atoms with E-state index < -0.39 is 11.9 Å². The van der Waals surface area contributed by atoms with Gasteiger partial charge in [0, 0.05) is 24.6 Å². The van der Waals surface area contributed by atoms with Gasteiger partial charge in [0.2, 0.25) is 0 Å². The highest BCUT2D eigenvalue weighted by molar-refractivity contribution is 5.89. The predicted octanol–water partition coefficient (Wildman–Crippen LogP) is 4.83. The number of hydrogen-bond acceptors (Lipinski definition) is 4. The van der Waals surface area contributed by atoms with E-state index in [2.05, 4.69) is 29.9 Å². The van der Waals surface area contributed by atoms with E-state index in [1.807, 2.05) is 18.2 Å². The summed E-state index contributed by atoms with van der Waals surface area (Å²) in [4.78, 5) is 5.92. The summed E-state index contributed by atoms with van der Waals surface area (Å²) in [6.07, 6.45) is -1.83. The molecule has 0 radical (unpaired) electrons. The molecule has 8 heteroatoms. The van der Waals surface area contributed by atoms with Crippen LogP contribution in [0.25, 0.3) is 10.9 Å². The molecule has 1 aromatic carbocycles. The average Bonchev–Trinajstić information content (AvgIpc) is 3.13. The smallest absolute Gasteiger partial charge is 0.431 e. The first-order chi connectivity index (χ1) is 13.7. The third-order valence-electron chi connectivity index (χ3n) is 4.39. The fraction of sp³-hybridized carbons (Fsp3) is 0.381. The zero-order valence-corrected chi connectivity index (χ0v) is 16.3. The molecule has 29 heavy (non-hydrogen) atoms. The molecule has 0 aliphatic carbocycles. The summed E-state index contributed by atoms with van der Waals surface area (Å²) in [6, 6.07) is 10.6. The number of nitrogen functional groups attached to an aromatic ring is 1. The second-order valence-corrected chi connectivity index (χ2v) is 7.31. The van der Waals surface area contributed by atoms with E-state index in [4.69, 9.17) is 15.2 Å². The van der Waals surface area contributed by atoms with Crippen LogP contribution in [0, 0.1) is 5.92 Å². The third kappa shape index (κ3) is 5.41. The SMILES string of the molecule is CC(C)COC1COc2ccccc2C1.Nc1nccc2[nH]c(C(F)(F)F)cc12. The number of alkyl halides is 3. The number of hydrogen-bond donors (Lipinski definition) is 2. The fourth-order valence-corrected chi connectivity index (χ4v) is 2.96. The van der Waals surface area contributed by atoms with Crippen molar-refractivity contribution in [3.8, 4) is 5.75 Å². The number of pyridine rings is 1. The highest BCUT2D eigenvalue weighted by Gasteiger charge is 2.32. The van der Waals surface area contributed by atoms with Crippen molar-refractivity contribution in [2.75, 3.05) is 18.9 Å². The maximum absolute atomic E-state index is 12.3. The van der Waals surface area contributed by atoms with Crippen LogP contribution in [0.15, 0.2) is 42.6 Å². The molecular formula is C21H24F3N3O2. The van der Waals surface area contributed by atoms with Gasteiger partial charge in [-0.15, -0.1) is 0 Å². The molecule has 1 atom stereocenters. The number of ether oxygens (including phenoxy) is 2. The molecule has 2 aromatic heterocycles. The van der Waals surface area contributed by atoms with Crippen LogP contribution in [0.4, 0.5) is 19.0 Å². The van der Waals surface area contributed by atoms with Crippen molar-refractivity contribution in [1.82, 2.24) is 9.97 Å². The molecule has 0 saturated carbocycles. The van der Waals surface area contributed by atoms with Crippen LogP contribution >= 0.6 is 0 Å². The number of fused-ring (bicyclic) bond motifs is 2. The van der Waals surface area contributed by atoms with Crippen molar-refractivity contribution < 1.29 is 22.6 Å². The van der Waals surface area contributed by atoms with Gasteiger partial charge in [0.25, 0.3) is 0 Å². The van der Waals surface area contributed by atoms with Crippen molar-refractivity contribution in [2.24, 2.45) is 5.92 Å². The maximum atomic E-state index is 12.3. The Hall–Kier alpha value is -2.74. The Morgan fingerprint density at radius 2 is 2.03 bits per heavy atom. The number of H-pyrrole nitrogens is 1. The Morgan fingerprint density at radius 3 is 2.72 bits per heavy atom. The van der Waals surface area contributed by atoms with Gasteiger partial charge in [0.15, 0.2) is 0 Å². The van der Waals surface area contributed by atoms with Gasteiger partial charge in [0.05, 0.1) is 11.6 Å². The molecular weight excluding hydrogens is 383 g/mol. The molecule has 0 amide bonds. The summed E-state index contributed by atoms with van der Waals surface area (Å²) < 4.78 is 48.2. The number of anilines is 1. The van der Waals surface area contributed by atoms with E-state index in [1.165, 1.54) is 17.8 Å². The van der Waals surface area contributed by atoms with E-state index in [0.717, 1.165) is 24.8 Å². The minimum Gasteiger partial charge on any atom is -0.491 e. The number of para-hydroxylation sites is 1. The van der Waals surface area contributed by atoms with Crippen molar-refractivity contribution in [2.45, 2.75) is 32.5 Å². The van der Waals surface area contributed by atoms with Crippen molar-refractivity contribution in [3.05, 3.63) is 53.9 Å². The molecule has 0 saturated heterocycles. The Balaban J connectivity index is 0.000000166. The van der Waals surface area contributed by atoms with Gasteiger partial charge in [-0.05, 0) is 29.7 Å². The van der Waals surface area contributed by atoms with Crippen LogP contribution in [-0.2, 0) is 17.3 Å². The number of nitrogens with two attached hydrogens (primary N) is 1. The van der Waals surface area contributed by atoms with Gasteiger partial charge in [-0.1, -0.05) is 32.0 Å². The second-order valence-electron chi connectivity index (χ2n) is 7.31. The number of rotatable bonds is 3. The lowest BCUT2D eigenvalue weighted by atomic mass is 10.0. The zero-order valence-electron chi connectivity index (χ0n) is 16.3. The normalized spacial score (nSPS) is 16.1. The lowest BCUT2D eigenvalue weighted by Crippen LogP contribution is -2.29. The van der Waals surface area contributed by atoms with Crippen LogP contribution < -0.4 is 10.5 Å². The second kappa shape index (κ2) is 8.73.